The van der Waals surface area contributed by atoms with Crippen molar-refractivity contribution in [2.24, 2.45) is 11.8 Å². The van der Waals surface area contributed by atoms with E-state index in [-0.39, 0.29) is 24.0 Å². The highest BCUT2D eigenvalue weighted by molar-refractivity contribution is 6.05. The maximum absolute atomic E-state index is 13.1. The number of aliphatic carboxylic acids is 1. The summed E-state index contributed by atoms with van der Waals surface area (Å²) in [7, 11) is 0. The Labute approximate surface area is 167 Å². The summed E-state index contributed by atoms with van der Waals surface area (Å²) < 4.78 is 39.2. The molecule has 0 spiro atoms. The van der Waals surface area contributed by atoms with E-state index in [1.165, 1.54) is 12.1 Å². The van der Waals surface area contributed by atoms with Gasteiger partial charge >= 0.3 is 12.1 Å². The van der Waals surface area contributed by atoms with E-state index < -0.39 is 29.1 Å². The van der Waals surface area contributed by atoms with Crippen LogP contribution in [0.5, 0.6) is 0 Å². The second kappa shape index (κ2) is 10.4. The number of halogens is 3. The lowest BCUT2D eigenvalue weighted by molar-refractivity contribution is -0.138. The number of Topliss-reactive ketones (excluding diaryl/α,β-unsaturated/α-hetero) is 1. The van der Waals surface area contributed by atoms with E-state index in [0.717, 1.165) is 37.5 Å². The van der Waals surface area contributed by atoms with Crippen molar-refractivity contribution >= 4 is 17.5 Å². The van der Waals surface area contributed by atoms with Gasteiger partial charge in [0, 0.05) is 24.3 Å². The fourth-order valence-electron chi connectivity index (χ4n) is 3.78. The van der Waals surface area contributed by atoms with Crippen LogP contribution in [-0.4, -0.2) is 22.6 Å². The van der Waals surface area contributed by atoms with Crippen LogP contribution >= 0.6 is 0 Å². The van der Waals surface area contributed by atoms with Crippen LogP contribution in [-0.2, 0) is 15.8 Å². The number of carboxylic acid groups (broad SMARTS) is 1. The van der Waals surface area contributed by atoms with Gasteiger partial charge in [-0.3, -0.25) is 14.4 Å². The van der Waals surface area contributed by atoms with Crippen molar-refractivity contribution in [3.8, 4) is 0 Å². The fraction of sp³-hybridized carbons (Fsp3) is 0.500. The smallest absolute Gasteiger partial charge is 0.417 e. The van der Waals surface area contributed by atoms with Gasteiger partial charge in [-0.05, 0) is 37.3 Å². The molecule has 0 heterocycles. The molecular formula is C22H25F3O4. The average molecular weight is 410 g/mol. The SMILES string of the molecule is O=C(O)CCCCCC[C@H]1C(=O)CC[C@@H]1C=CC(=O)c1ccccc1C(F)(F)F. The average Bonchev–Trinajstić information content (AvgIpc) is 3.01. The van der Waals surface area contributed by atoms with Gasteiger partial charge in [0.25, 0.3) is 0 Å². The molecule has 1 N–H and O–H groups in total. The van der Waals surface area contributed by atoms with E-state index in [9.17, 15) is 27.6 Å². The highest BCUT2D eigenvalue weighted by Gasteiger charge is 2.35. The van der Waals surface area contributed by atoms with Crippen molar-refractivity contribution < 1.29 is 32.7 Å². The third-order valence-corrected chi connectivity index (χ3v) is 5.30. The molecule has 0 radical (unpaired) electrons. The number of carbonyl (C=O) groups is 3. The molecule has 1 aliphatic rings. The zero-order valence-electron chi connectivity index (χ0n) is 16.1. The van der Waals surface area contributed by atoms with E-state index in [1.807, 2.05) is 0 Å². The van der Waals surface area contributed by atoms with E-state index in [4.69, 9.17) is 5.11 Å². The summed E-state index contributed by atoms with van der Waals surface area (Å²) in [5, 5.41) is 8.62. The summed E-state index contributed by atoms with van der Waals surface area (Å²) in [6.07, 6.45) is 2.90. The quantitative estimate of drug-likeness (QED) is 0.316. The van der Waals surface area contributed by atoms with E-state index in [0.29, 0.717) is 25.7 Å². The Morgan fingerprint density at radius 2 is 1.79 bits per heavy atom. The zero-order chi connectivity index (χ0) is 21.4. The van der Waals surface area contributed by atoms with Crippen molar-refractivity contribution in [2.45, 2.75) is 57.5 Å². The Kier molecular flexibility index (Phi) is 8.17. The lowest BCUT2D eigenvalue weighted by Gasteiger charge is -2.15. The van der Waals surface area contributed by atoms with Crippen LogP contribution in [0, 0.1) is 11.8 Å². The molecule has 0 saturated heterocycles. The number of hydrogen-bond donors (Lipinski definition) is 1. The Bertz CT molecular complexity index is 768. The highest BCUT2D eigenvalue weighted by atomic mass is 19.4. The zero-order valence-corrected chi connectivity index (χ0v) is 16.1. The molecule has 2 rings (SSSR count). The second-order valence-electron chi connectivity index (χ2n) is 7.39. The molecular weight excluding hydrogens is 385 g/mol. The van der Waals surface area contributed by atoms with E-state index in [2.05, 4.69) is 0 Å². The normalized spacial score (nSPS) is 19.8. The second-order valence-corrected chi connectivity index (χ2v) is 7.39. The van der Waals surface area contributed by atoms with Gasteiger partial charge in [-0.15, -0.1) is 0 Å². The standard InChI is InChI=1S/C22H25F3O4/c23-22(24,25)18-9-6-5-8-17(18)20(27)14-12-15-11-13-19(26)16(15)7-3-1-2-4-10-21(28)29/h5-6,8-9,12,14-16H,1-4,7,10-11,13H2,(H,28,29)/t15-,16-/m1/s1. The van der Waals surface area contributed by atoms with Crippen molar-refractivity contribution in [1.29, 1.82) is 0 Å². The summed E-state index contributed by atoms with van der Waals surface area (Å²) in [5.41, 5.74) is -1.36. The lowest BCUT2D eigenvalue weighted by atomic mass is 9.89. The third kappa shape index (κ3) is 6.84. The predicted octanol–water partition coefficient (Wildman–Crippen LogP) is 5.46. The number of benzene rings is 1. The minimum atomic E-state index is -4.60. The van der Waals surface area contributed by atoms with Gasteiger partial charge in [0.2, 0.25) is 0 Å². The number of allylic oxidation sites excluding steroid dienone is 2. The maximum Gasteiger partial charge on any atom is 0.417 e. The van der Waals surface area contributed by atoms with Crippen LogP contribution in [0.2, 0.25) is 0 Å². The summed E-state index contributed by atoms with van der Waals surface area (Å²) in [6, 6.07) is 4.67. The summed E-state index contributed by atoms with van der Waals surface area (Å²) in [5.74, 6) is -1.80. The van der Waals surface area contributed by atoms with E-state index in [1.54, 1.807) is 6.08 Å². The monoisotopic (exact) mass is 410 g/mol. The molecule has 0 bridgehead atoms. The van der Waals surface area contributed by atoms with Crippen LogP contribution in [0.25, 0.3) is 0 Å². The molecule has 0 unspecified atom stereocenters. The minimum absolute atomic E-state index is 0.119. The minimum Gasteiger partial charge on any atom is -0.481 e. The Balaban J connectivity index is 1.94. The van der Waals surface area contributed by atoms with Crippen LogP contribution in [0.4, 0.5) is 13.2 Å². The first-order valence-corrected chi connectivity index (χ1v) is 9.83. The number of carboxylic acids is 1. The van der Waals surface area contributed by atoms with Crippen LogP contribution in [0.1, 0.15) is 67.3 Å². The van der Waals surface area contributed by atoms with Crippen molar-refractivity contribution in [2.75, 3.05) is 0 Å². The lowest BCUT2D eigenvalue weighted by Crippen LogP contribution is -2.14. The number of hydrogen-bond acceptors (Lipinski definition) is 3. The van der Waals surface area contributed by atoms with Crippen LogP contribution in [0.3, 0.4) is 0 Å². The van der Waals surface area contributed by atoms with Crippen LogP contribution in [0.15, 0.2) is 36.4 Å². The van der Waals surface area contributed by atoms with Gasteiger partial charge in [-0.1, -0.05) is 43.5 Å². The summed E-state index contributed by atoms with van der Waals surface area (Å²) >= 11 is 0. The first kappa shape index (κ1) is 22.8. The topological polar surface area (TPSA) is 71.4 Å². The molecule has 4 nitrogen and oxygen atoms in total. The number of ketones is 2. The molecule has 158 valence electrons. The molecule has 1 aliphatic carbocycles. The number of carbonyl (C=O) groups excluding carboxylic acids is 2. The van der Waals surface area contributed by atoms with Gasteiger partial charge in [-0.25, -0.2) is 0 Å². The van der Waals surface area contributed by atoms with Crippen molar-refractivity contribution in [3.05, 3.63) is 47.5 Å². The molecule has 1 fully saturated rings. The van der Waals surface area contributed by atoms with Gasteiger partial charge < -0.3 is 5.11 Å². The molecule has 1 aromatic carbocycles. The first-order valence-electron chi connectivity index (χ1n) is 9.83. The van der Waals surface area contributed by atoms with Crippen molar-refractivity contribution in [1.82, 2.24) is 0 Å². The molecule has 29 heavy (non-hydrogen) atoms. The van der Waals surface area contributed by atoms with Crippen molar-refractivity contribution in [3.63, 3.8) is 0 Å². The van der Waals surface area contributed by atoms with Gasteiger partial charge in [0.15, 0.2) is 5.78 Å². The molecule has 7 heteroatoms. The largest absolute Gasteiger partial charge is 0.481 e. The first-order chi connectivity index (χ1) is 13.7. The Morgan fingerprint density at radius 3 is 2.48 bits per heavy atom. The highest BCUT2D eigenvalue weighted by Crippen LogP contribution is 2.35. The fourth-order valence-corrected chi connectivity index (χ4v) is 3.78. The molecule has 0 amide bonds. The molecule has 1 saturated carbocycles. The summed E-state index contributed by atoms with van der Waals surface area (Å²) in [6.45, 7) is 0. The third-order valence-electron chi connectivity index (χ3n) is 5.30. The maximum atomic E-state index is 13.1. The summed E-state index contributed by atoms with van der Waals surface area (Å²) in [4.78, 5) is 35.0. The Hall–Kier alpha value is -2.44. The van der Waals surface area contributed by atoms with Gasteiger partial charge in [0.1, 0.15) is 5.78 Å². The molecule has 2 atom stereocenters. The predicted molar refractivity (Wildman–Crippen MR) is 101 cm³/mol. The molecule has 0 aliphatic heterocycles. The molecule has 0 aromatic heterocycles. The number of unbranched alkanes of at least 4 members (excludes halogenated alkanes) is 3. The van der Waals surface area contributed by atoms with E-state index >= 15 is 0 Å². The number of alkyl halides is 3. The van der Waals surface area contributed by atoms with Gasteiger partial charge in [0.05, 0.1) is 5.56 Å². The molecule has 1 aromatic rings. The number of rotatable bonds is 10. The van der Waals surface area contributed by atoms with Gasteiger partial charge in [-0.2, -0.15) is 13.2 Å². The Morgan fingerprint density at radius 1 is 1.10 bits per heavy atom. The van der Waals surface area contributed by atoms with Crippen LogP contribution < -0.4 is 0 Å².